The van der Waals surface area contributed by atoms with E-state index in [-0.39, 0.29) is 23.7 Å². The molecule has 0 fully saturated rings. The zero-order valence-electron chi connectivity index (χ0n) is 21.2. The van der Waals surface area contributed by atoms with Crippen molar-refractivity contribution in [2.45, 2.75) is 51.7 Å². The largest absolute Gasteiger partial charge is 0.460 e. The van der Waals surface area contributed by atoms with Crippen molar-refractivity contribution in [2.75, 3.05) is 6.54 Å². The molecule has 3 aromatic carbocycles. The summed E-state index contributed by atoms with van der Waals surface area (Å²) >= 11 is 0. The van der Waals surface area contributed by atoms with E-state index < -0.39 is 34.0 Å². The number of esters is 1. The zero-order chi connectivity index (χ0) is 26.3. The molecule has 0 spiro atoms. The van der Waals surface area contributed by atoms with Crippen LogP contribution in [-0.4, -0.2) is 37.1 Å². The molecule has 3 aromatic rings. The standard InChI is InChI=1S/C29H33NO5S/c1-22-15-17-25(18-16-22)36(33,34)30(20-28(32)35-21-23-11-7-5-8-12-23)27(29(2,3)4)19-26(31)24-13-9-6-10-14-24/h5-18,27H,19-21H2,1-4H3/t27-/m0/s1. The third-order valence-corrected chi connectivity index (χ3v) is 7.85. The van der Waals surface area contributed by atoms with E-state index in [4.69, 9.17) is 4.74 Å². The molecular formula is C29H33NO5S. The summed E-state index contributed by atoms with van der Waals surface area (Å²) < 4.78 is 34.3. The number of aryl methyl sites for hydroxylation is 1. The molecule has 0 aliphatic carbocycles. The number of carbonyl (C=O) groups is 2. The first-order valence-corrected chi connectivity index (χ1v) is 13.3. The van der Waals surface area contributed by atoms with E-state index in [1.54, 1.807) is 36.4 Å². The molecule has 3 rings (SSSR count). The van der Waals surface area contributed by atoms with Crippen LogP contribution in [0.2, 0.25) is 0 Å². The molecule has 36 heavy (non-hydrogen) atoms. The Hall–Kier alpha value is -3.29. The fourth-order valence-corrected chi connectivity index (χ4v) is 5.63. The summed E-state index contributed by atoms with van der Waals surface area (Å²) in [6.07, 6.45) is -0.0788. The molecule has 6 nitrogen and oxygen atoms in total. The van der Waals surface area contributed by atoms with Gasteiger partial charge in [-0.2, -0.15) is 4.31 Å². The Kier molecular flexibility index (Phi) is 8.82. The van der Waals surface area contributed by atoms with Crippen LogP contribution in [0, 0.1) is 12.3 Å². The predicted octanol–water partition coefficient (Wildman–Crippen LogP) is 5.42. The second kappa shape index (κ2) is 11.6. The van der Waals surface area contributed by atoms with Crippen molar-refractivity contribution < 1.29 is 22.7 Å². The van der Waals surface area contributed by atoms with Gasteiger partial charge in [-0.15, -0.1) is 0 Å². The summed E-state index contributed by atoms with van der Waals surface area (Å²) in [5, 5.41) is 0. The van der Waals surface area contributed by atoms with Gasteiger partial charge >= 0.3 is 5.97 Å². The zero-order valence-corrected chi connectivity index (χ0v) is 22.0. The van der Waals surface area contributed by atoms with Crippen LogP contribution in [0.25, 0.3) is 0 Å². The Morgan fingerprint density at radius 1 is 0.861 bits per heavy atom. The van der Waals surface area contributed by atoms with Gasteiger partial charge in [-0.05, 0) is 30.0 Å². The van der Waals surface area contributed by atoms with Gasteiger partial charge < -0.3 is 4.74 Å². The molecule has 0 bridgehead atoms. The van der Waals surface area contributed by atoms with Gasteiger partial charge in [-0.25, -0.2) is 8.42 Å². The Balaban J connectivity index is 1.95. The van der Waals surface area contributed by atoms with Crippen LogP contribution < -0.4 is 0 Å². The number of Topliss-reactive ketones (excluding diaryl/α,β-unsaturated/α-hetero) is 1. The number of hydrogen-bond donors (Lipinski definition) is 0. The number of ether oxygens (including phenoxy) is 1. The van der Waals surface area contributed by atoms with Crippen molar-refractivity contribution in [3.8, 4) is 0 Å². The van der Waals surface area contributed by atoms with Gasteiger partial charge in [0.1, 0.15) is 13.2 Å². The molecule has 0 aliphatic heterocycles. The molecule has 0 heterocycles. The molecule has 0 unspecified atom stereocenters. The number of benzene rings is 3. The van der Waals surface area contributed by atoms with Crippen molar-refractivity contribution in [1.82, 2.24) is 4.31 Å². The van der Waals surface area contributed by atoms with Crippen LogP contribution in [0.1, 0.15) is 48.7 Å². The van der Waals surface area contributed by atoms with Gasteiger partial charge in [0.15, 0.2) is 5.78 Å². The van der Waals surface area contributed by atoms with Crippen molar-refractivity contribution in [3.05, 3.63) is 102 Å². The highest BCUT2D eigenvalue weighted by molar-refractivity contribution is 7.89. The molecule has 190 valence electrons. The number of rotatable bonds is 10. The lowest BCUT2D eigenvalue weighted by Crippen LogP contribution is -2.50. The van der Waals surface area contributed by atoms with E-state index in [1.807, 2.05) is 64.1 Å². The molecule has 0 aliphatic rings. The Labute approximate surface area is 214 Å². The van der Waals surface area contributed by atoms with E-state index in [0.29, 0.717) is 5.56 Å². The van der Waals surface area contributed by atoms with E-state index in [1.165, 1.54) is 12.1 Å². The van der Waals surface area contributed by atoms with Gasteiger partial charge in [0.05, 0.1) is 4.90 Å². The molecule has 7 heteroatoms. The predicted molar refractivity (Wildman–Crippen MR) is 140 cm³/mol. The highest BCUT2D eigenvalue weighted by atomic mass is 32.2. The maximum atomic E-state index is 13.9. The number of hydrogen-bond acceptors (Lipinski definition) is 5. The Morgan fingerprint density at radius 3 is 1.97 bits per heavy atom. The summed E-state index contributed by atoms with van der Waals surface area (Å²) in [7, 11) is -4.13. The van der Waals surface area contributed by atoms with Crippen LogP contribution >= 0.6 is 0 Å². The van der Waals surface area contributed by atoms with Gasteiger partial charge in [0.25, 0.3) is 0 Å². The molecular weight excluding hydrogens is 474 g/mol. The van der Waals surface area contributed by atoms with Crippen LogP contribution in [0.4, 0.5) is 0 Å². The van der Waals surface area contributed by atoms with Crippen LogP contribution in [-0.2, 0) is 26.2 Å². The minimum Gasteiger partial charge on any atom is -0.460 e. The van der Waals surface area contributed by atoms with Gasteiger partial charge in [-0.1, -0.05) is 99.1 Å². The fourth-order valence-electron chi connectivity index (χ4n) is 3.88. The minimum absolute atomic E-state index is 0.0290. The number of sulfonamides is 1. The minimum atomic E-state index is -4.13. The lowest BCUT2D eigenvalue weighted by Gasteiger charge is -2.38. The van der Waals surface area contributed by atoms with E-state index in [0.717, 1.165) is 15.4 Å². The molecule has 1 atom stereocenters. The quantitative estimate of drug-likeness (QED) is 0.271. The van der Waals surface area contributed by atoms with Crippen molar-refractivity contribution in [2.24, 2.45) is 5.41 Å². The average Bonchev–Trinajstić information content (AvgIpc) is 2.85. The monoisotopic (exact) mass is 507 g/mol. The molecule has 0 aromatic heterocycles. The first-order chi connectivity index (χ1) is 17.0. The maximum Gasteiger partial charge on any atom is 0.321 e. The van der Waals surface area contributed by atoms with Crippen LogP contribution in [0.15, 0.2) is 89.8 Å². The fraction of sp³-hybridized carbons (Fsp3) is 0.310. The van der Waals surface area contributed by atoms with E-state index in [2.05, 4.69) is 0 Å². The molecule has 0 saturated heterocycles. The normalized spacial score (nSPS) is 12.8. The maximum absolute atomic E-state index is 13.9. The van der Waals surface area contributed by atoms with Gasteiger partial charge in [-0.3, -0.25) is 9.59 Å². The van der Waals surface area contributed by atoms with Gasteiger partial charge in [0.2, 0.25) is 10.0 Å². The number of nitrogens with zero attached hydrogens (tertiary/aromatic N) is 1. The smallest absolute Gasteiger partial charge is 0.321 e. The highest BCUT2D eigenvalue weighted by Crippen LogP contribution is 2.32. The Morgan fingerprint density at radius 2 is 1.42 bits per heavy atom. The first kappa shape index (κ1) is 27.3. The molecule has 0 saturated carbocycles. The lowest BCUT2D eigenvalue weighted by atomic mass is 9.83. The van der Waals surface area contributed by atoms with Crippen molar-refractivity contribution in [3.63, 3.8) is 0 Å². The second-order valence-electron chi connectivity index (χ2n) is 9.88. The Bertz CT molecular complexity index is 1260. The summed E-state index contributed by atoms with van der Waals surface area (Å²) in [6, 6.07) is 23.6. The van der Waals surface area contributed by atoms with E-state index in [9.17, 15) is 18.0 Å². The molecule has 0 radical (unpaired) electrons. The topological polar surface area (TPSA) is 80.8 Å². The first-order valence-electron chi connectivity index (χ1n) is 11.8. The van der Waals surface area contributed by atoms with Gasteiger partial charge in [0, 0.05) is 18.0 Å². The van der Waals surface area contributed by atoms with Crippen molar-refractivity contribution in [1.29, 1.82) is 0 Å². The SMILES string of the molecule is Cc1ccc(S(=O)(=O)N(CC(=O)OCc2ccccc2)[C@@H](CC(=O)c2ccccc2)C(C)(C)C)cc1. The second-order valence-corrected chi connectivity index (χ2v) is 11.8. The summed E-state index contributed by atoms with van der Waals surface area (Å²) in [6.45, 7) is 6.98. The van der Waals surface area contributed by atoms with Crippen molar-refractivity contribution >= 4 is 21.8 Å². The molecule has 0 N–H and O–H groups in total. The summed E-state index contributed by atoms with van der Waals surface area (Å²) in [4.78, 5) is 26.2. The number of carbonyl (C=O) groups excluding carboxylic acids is 2. The van der Waals surface area contributed by atoms with Crippen LogP contribution in [0.5, 0.6) is 0 Å². The summed E-state index contributed by atoms with van der Waals surface area (Å²) in [5.74, 6) is -0.881. The highest BCUT2D eigenvalue weighted by Gasteiger charge is 2.41. The lowest BCUT2D eigenvalue weighted by molar-refractivity contribution is -0.145. The third kappa shape index (κ3) is 7.12. The number of ketones is 1. The molecule has 0 amide bonds. The average molecular weight is 508 g/mol. The third-order valence-electron chi connectivity index (χ3n) is 5.98. The van der Waals surface area contributed by atoms with E-state index >= 15 is 0 Å². The summed E-state index contributed by atoms with van der Waals surface area (Å²) in [5.41, 5.74) is 1.55. The van der Waals surface area contributed by atoms with Crippen LogP contribution in [0.3, 0.4) is 0 Å².